The van der Waals surface area contributed by atoms with E-state index in [4.69, 9.17) is 9.15 Å². The number of thiazole rings is 1. The van der Waals surface area contributed by atoms with Gasteiger partial charge in [0.1, 0.15) is 23.7 Å². The number of amides is 1. The number of carbonyl (C=O) groups is 1. The fraction of sp³-hybridized carbons (Fsp3) is 0.211. The van der Waals surface area contributed by atoms with Crippen LogP contribution in [0.25, 0.3) is 11.0 Å². The van der Waals surface area contributed by atoms with Gasteiger partial charge in [-0.15, -0.1) is 11.3 Å². The number of aromatic nitrogens is 3. The van der Waals surface area contributed by atoms with Crippen LogP contribution in [0.15, 0.2) is 40.5 Å². The maximum absolute atomic E-state index is 12.8. The Kier molecular flexibility index (Phi) is 4.41. The quantitative estimate of drug-likeness (QED) is 0.563. The summed E-state index contributed by atoms with van der Waals surface area (Å²) in [6.45, 7) is 4.17. The number of nitrogens with one attached hydrogen (secondary N) is 1. The molecule has 0 saturated carbocycles. The number of carbonyl (C=O) groups excluding carboxylic acids is 1. The van der Waals surface area contributed by atoms with Crippen LogP contribution in [0, 0.1) is 13.8 Å². The largest absolute Gasteiger partial charge is 0.488 e. The lowest BCUT2D eigenvalue weighted by Crippen LogP contribution is -2.12. The number of benzene rings is 1. The number of hydrogen-bond donors (Lipinski definition) is 1. The molecule has 0 spiro atoms. The summed E-state index contributed by atoms with van der Waals surface area (Å²) in [4.78, 5) is 18.1. The number of anilines is 1. The molecule has 27 heavy (non-hydrogen) atoms. The molecule has 0 saturated heterocycles. The molecule has 4 aromatic rings. The summed E-state index contributed by atoms with van der Waals surface area (Å²) in [6.07, 6.45) is 3.34. The Hall–Kier alpha value is -3.13. The molecule has 0 aliphatic rings. The summed E-state index contributed by atoms with van der Waals surface area (Å²) in [5.41, 5.74) is 4.54. The molecule has 0 fully saturated rings. The van der Waals surface area contributed by atoms with E-state index in [-0.39, 0.29) is 5.91 Å². The summed E-state index contributed by atoms with van der Waals surface area (Å²) in [6, 6.07) is 5.49. The SMILES string of the molecule is Cc1ncsc1COc1ccc2oc(C)c(C(=O)Nc3cnn(C)c3)c2c1. The van der Waals surface area contributed by atoms with Crippen LogP contribution in [0.2, 0.25) is 0 Å². The molecule has 3 aromatic heterocycles. The van der Waals surface area contributed by atoms with Crippen molar-refractivity contribution in [2.75, 3.05) is 5.32 Å². The minimum atomic E-state index is -0.241. The number of hydrogen-bond acceptors (Lipinski definition) is 6. The van der Waals surface area contributed by atoms with Gasteiger partial charge in [0.25, 0.3) is 5.91 Å². The number of nitrogens with zero attached hydrogens (tertiary/aromatic N) is 3. The van der Waals surface area contributed by atoms with E-state index in [0.29, 0.717) is 40.3 Å². The van der Waals surface area contributed by atoms with Crippen molar-refractivity contribution in [1.82, 2.24) is 14.8 Å². The Labute approximate surface area is 159 Å². The molecule has 0 bridgehead atoms. The molecule has 0 radical (unpaired) electrons. The summed E-state index contributed by atoms with van der Waals surface area (Å²) < 4.78 is 13.3. The van der Waals surface area contributed by atoms with Gasteiger partial charge in [-0.05, 0) is 32.0 Å². The summed E-state index contributed by atoms with van der Waals surface area (Å²) >= 11 is 1.56. The number of aryl methyl sites for hydroxylation is 3. The smallest absolute Gasteiger partial charge is 0.259 e. The monoisotopic (exact) mass is 382 g/mol. The van der Waals surface area contributed by atoms with Gasteiger partial charge < -0.3 is 14.5 Å². The van der Waals surface area contributed by atoms with Crippen LogP contribution in [-0.4, -0.2) is 20.7 Å². The van der Waals surface area contributed by atoms with Gasteiger partial charge in [0.2, 0.25) is 0 Å². The Morgan fingerprint density at radius 1 is 1.37 bits per heavy atom. The average Bonchev–Trinajstić information content (AvgIpc) is 3.31. The highest BCUT2D eigenvalue weighted by atomic mass is 32.1. The molecule has 1 amide bonds. The first-order valence-electron chi connectivity index (χ1n) is 8.36. The number of fused-ring (bicyclic) bond motifs is 1. The zero-order chi connectivity index (χ0) is 19.0. The highest BCUT2D eigenvalue weighted by Crippen LogP contribution is 2.30. The van der Waals surface area contributed by atoms with Crippen molar-refractivity contribution in [3.63, 3.8) is 0 Å². The third kappa shape index (κ3) is 3.43. The van der Waals surface area contributed by atoms with Gasteiger partial charge in [0.15, 0.2) is 0 Å². The third-order valence-electron chi connectivity index (χ3n) is 4.24. The lowest BCUT2D eigenvalue weighted by atomic mass is 10.1. The van der Waals surface area contributed by atoms with Crippen molar-refractivity contribution in [2.24, 2.45) is 7.05 Å². The Balaban J connectivity index is 1.61. The molecule has 1 aromatic carbocycles. The van der Waals surface area contributed by atoms with Crippen LogP contribution >= 0.6 is 11.3 Å². The Morgan fingerprint density at radius 3 is 2.93 bits per heavy atom. The van der Waals surface area contributed by atoms with Crippen molar-refractivity contribution < 1.29 is 13.9 Å². The minimum absolute atomic E-state index is 0.241. The van der Waals surface area contributed by atoms with Gasteiger partial charge in [-0.1, -0.05) is 0 Å². The molecule has 3 heterocycles. The van der Waals surface area contributed by atoms with Crippen LogP contribution in [0.5, 0.6) is 5.75 Å². The number of furan rings is 1. The normalized spacial score (nSPS) is 11.1. The van der Waals surface area contributed by atoms with Gasteiger partial charge in [0.05, 0.1) is 33.5 Å². The summed E-state index contributed by atoms with van der Waals surface area (Å²) in [5.74, 6) is 0.989. The first-order valence-corrected chi connectivity index (χ1v) is 9.24. The lowest BCUT2D eigenvalue weighted by Gasteiger charge is -2.06. The van der Waals surface area contributed by atoms with Crippen LogP contribution in [0.4, 0.5) is 5.69 Å². The zero-order valence-corrected chi connectivity index (χ0v) is 16.0. The van der Waals surface area contributed by atoms with Gasteiger partial charge in [-0.25, -0.2) is 4.98 Å². The molecule has 1 N–H and O–H groups in total. The average molecular weight is 382 g/mol. The third-order valence-corrected chi connectivity index (χ3v) is 5.15. The van der Waals surface area contributed by atoms with Crippen molar-refractivity contribution in [3.05, 3.63) is 58.0 Å². The molecule has 4 rings (SSSR count). The maximum Gasteiger partial charge on any atom is 0.259 e. The molecule has 8 heteroatoms. The first kappa shape index (κ1) is 17.3. The lowest BCUT2D eigenvalue weighted by molar-refractivity contribution is 0.102. The van der Waals surface area contributed by atoms with Crippen LogP contribution < -0.4 is 10.1 Å². The second kappa shape index (κ2) is 6.88. The van der Waals surface area contributed by atoms with Gasteiger partial charge in [-0.3, -0.25) is 9.48 Å². The molecule has 0 atom stereocenters. The molecule has 0 aliphatic heterocycles. The van der Waals surface area contributed by atoms with E-state index in [0.717, 1.165) is 10.6 Å². The molecule has 138 valence electrons. The van der Waals surface area contributed by atoms with Crippen LogP contribution in [0.1, 0.15) is 26.7 Å². The molecular weight excluding hydrogens is 364 g/mol. The van der Waals surface area contributed by atoms with E-state index in [1.807, 2.05) is 25.1 Å². The van der Waals surface area contributed by atoms with E-state index in [2.05, 4.69) is 15.4 Å². The molecule has 0 aliphatic carbocycles. The summed E-state index contributed by atoms with van der Waals surface area (Å²) in [5, 5.41) is 7.62. The predicted octanol–water partition coefficient (Wildman–Crippen LogP) is 4.07. The van der Waals surface area contributed by atoms with Crippen LogP contribution in [-0.2, 0) is 13.7 Å². The molecule has 0 unspecified atom stereocenters. The van der Waals surface area contributed by atoms with Gasteiger partial charge in [0, 0.05) is 18.6 Å². The Bertz CT molecular complexity index is 1130. The van der Waals surface area contributed by atoms with Crippen molar-refractivity contribution in [3.8, 4) is 5.75 Å². The fourth-order valence-electron chi connectivity index (χ4n) is 2.86. The first-order chi connectivity index (χ1) is 13.0. The Morgan fingerprint density at radius 2 is 2.22 bits per heavy atom. The molecular formula is C19H18N4O3S. The topological polar surface area (TPSA) is 82.2 Å². The molecule has 7 nitrogen and oxygen atoms in total. The van der Waals surface area contributed by atoms with E-state index in [9.17, 15) is 4.79 Å². The standard InChI is InChI=1S/C19H18N4O3S/c1-11-17(27-10-20-11)9-25-14-4-5-16-15(6-14)18(12(2)26-16)19(24)22-13-7-21-23(3)8-13/h4-8,10H,9H2,1-3H3,(H,22,24). The maximum atomic E-state index is 12.8. The van der Waals surface area contributed by atoms with E-state index in [1.54, 1.807) is 47.9 Å². The van der Waals surface area contributed by atoms with Crippen molar-refractivity contribution >= 4 is 33.9 Å². The predicted molar refractivity (Wildman–Crippen MR) is 103 cm³/mol. The fourth-order valence-corrected chi connectivity index (χ4v) is 3.55. The minimum Gasteiger partial charge on any atom is -0.488 e. The second-order valence-electron chi connectivity index (χ2n) is 6.20. The number of rotatable bonds is 5. The second-order valence-corrected chi connectivity index (χ2v) is 7.14. The number of ether oxygens (including phenoxy) is 1. The highest BCUT2D eigenvalue weighted by Gasteiger charge is 2.19. The van der Waals surface area contributed by atoms with Crippen LogP contribution in [0.3, 0.4) is 0 Å². The van der Waals surface area contributed by atoms with Crippen molar-refractivity contribution in [2.45, 2.75) is 20.5 Å². The van der Waals surface area contributed by atoms with Gasteiger partial charge >= 0.3 is 0 Å². The summed E-state index contributed by atoms with van der Waals surface area (Å²) in [7, 11) is 1.79. The van der Waals surface area contributed by atoms with E-state index in [1.165, 1.54) is 0 Å². The van der Waals surface area contributed by atoms with E-state index >= 15 is 0 Å². The zero-order valence-electron chi connectivity index (χ0n) is 15.1. The van der Waals surface area contributed by atoms with Crippen molar-refractivity contribution in [1.29, 1.82) is 0 Å². The van der Waals surface area contributed by atoms with Gasteiger partial charge in [-0.2, -0.15) is 5.10 Å². The van der Waals surface area contributed by atoms with E-state index < -0.39 is 0 Å². The highest BCUT2D eigenvalue weighted by molar-refractivity contribution is 7.09.